The van der Waals surface area contributed by atoms with Gasteiger partial charge in [0.25, 0.3) is 5.89 Å². The number of aryl methyl sites for hydroxylation is 2. The summed E-state index contributed by atoms with van der Waals surface area (Å²) < 4.78 is 5.45. The van der Waals surface area contributed by atoms with Crippen LogP contribution in [-0.4, -0.2) is 15.9 Å². The van der Waals surface area contributed by atoms with Gasteiger partial charge < -0.3 is 10.3 Å². The average molecular weight is 347 g/mol. The lowest BCUT2D eigenvalue weighted by molar-refractivity contribution is 0.103. The minimum Gasteiger partial charge on any atom is -0.334 e. The molecule has 1 aromatic heterocycles. The first kappa shape index (κ1) is 16.7. The number of benzene rings is 2. The summed E-state index contributed by atoms with van der Waals surface area (Å²) in [4.78, 5) is 17.5. The van der Waals surface area contributed by atoms with E-state index in [4.69, 9.17) is 10.3 Å². The molecule has 0 atom stereocenters. The molecule has 0 spiro atoms. The first-order chi connectivity index (χ1) is 12.5. The third-order valence-corrected chi connectivity index (χ3v) is 5.29. The Bertz CT molecular complexity index is 986. The van der Waals surface area contributed by atoms with Crippen molar-refractivity contribution in [2.45, 2.75) is 38.6 Å². The fourth-order valence-electron chi connectivity index (χ4n) is 3.22. The molecule has 0 unspecified atom stereocenters. The molecular weight excluding hydrogens is 326 g/mol. The summed E-state index contributed by atoms with van der Waals surface area (Å²) in [5.74, 6) is 0.797. The van der Waals surface area contributed by atoms with E-state index in [1.807, 2.05) is 50.2 Å². The molecule has 0 bridgehead atoms. The van der Waals surface area contributed by atoms with E-state index in [2.05, 4.69) is 10.1 Å². The molecule has 4 rings (SSSR count). The maximum absolute atomic E-state index is 13.1. The first-order valence-corrected chi connectivity index (χ1v) is 8.82. The van der Waals surface area contributed by atoms with Crippen LogP contribution < -0.4 is 5.73 Å². The van der Waals surface area contributed by atoms with Gasteiger partial charge in [0, 0.05) is 11.1 Å². The third kappa shape index (κ3) is 2.74. The van der Waals surface area contributed by atoms with Crippen LogP contribution in [0.1, 0.15) is 52.1 Å². The van der Waals surface area contributed by atoms with Crippen molar-refractivity contribution < 1.29 is 9.32 Å². The third-order valence-electron chi connectivity index (χ3n) is 5.29. The van der Waals surface area contributed by atoms with Crippen molar-refractivity contribution in [3.8, 4) is 11.5 Å². The van der Waals surface area contributed by atoms with E-state index < -0.39 is 5.54 Å². The minimum absolute atomic E-state index is 0.0606. The van der Waals surface area contributed by atoms with Crippen molar-refractivity contribution >= 4 is 5.78 Å². The molecule has 0 radical (unpaired) electrons. The van der Waals surface area contributed by atoms with Gasteiger partial charge >= 0.3 is 0 Å². The van der Waals surface area contributed by atoms with Crippen LogP contribution >= 0.6 is 0 Å². The lowest BCUT2D eigenvalue weighted by Gasteiger charge is -2.34. The van der Waals surface area contributed by atoms with Gasteiger partial charge in [-0.2, -0.15) is 4.98 Å². The number of hydrogen-bond donors (Lipinski definition) is 1. The molecule has 2 N–H and O–H groups in total. The van der Waals surface area contributed by atoms with Gasteiger partial charge in [0.15, 0.2) is 11.6 Å². The Balaban J connectivity index is 1.73. The fraction of sp³-hybridized carbons (Fsp3) is 0.286. The summed E-state index contributed by atoms with van der Waals surface area (Å²) >= 11 is 0. The monoisotopic (exact) mass is 347 g/mol. The number of hydrogen-bond acceptors (Lipinski definition) is 5. The summed E-state index contributed by atoms with van der Waals surface area (Å²) in [6.45, 7) is 4.03. The van der Waals surface area contributed by atoms with Crippen molar-refractivity contribution in [1.82, 2.24) is 10.1 Å². The molecule has 1 aliphatic rings. The molecule has 5 heteroatoms. The molecule has 26 heavy (non-hydrogen) atoms. The van der Waals surface area contributed by atoms with Crippen LogP contribution in [0.15, 0.2) is 47.0 Å². The standard InChI is InChI=1S/C21H21N3O2/c1-13-8-9-15(12-14(13)2)18(25)16-6-3-4-7-17(16)19-23-20(24-26-19)21(22)10-5-11-21/h3-4,6-9,12H,5,10-11,22H2,1-2H3. The van der Waals surface area contributed by atoms with Gasteiger partial charge in [0.05, 0.1) is 11.1 Å². The van der Waals surface area contributed by atoms with Crippen LogP contribution in [0.4, 0.5) is 0 Å². The topological polar surface area (TPSA) is 82.0 Å². The summed E-state index contributed by atoms with van der Waals surface area (Å²) in [7, 11) is 0. The zero-order valence-electron chi connectivity index (χ0n) is 15.0. The minimum atomic E-state index is -0.491. The van der Waals surface area contributed by atoms with Crippen molar-refractivity contribution in [3.63, 3.8) is 0 Å². The predicted molar refractivity (Wildman–Crippen MR) is 98.8 cm³/mol. The van der Waals surface area contributed by atoms with E-state index in [-0.39, 0.29) is 5.78 Å². The second-order valence-corrected chi connectivity index (χ2v) is 7.11. The smallest absolute Gasteiger partial charge is 0.258 e. The van der Waals surface area contributed by atoms with Gasteiger partial charge in [0.1, 0.15) is 0 Å². The Morgan fingerprint density at radius 3 is 2.58 bits per heavy atom. The van der Waals surface area contributed by atoms with Crippen LogP contribution in [0.25, 0.3) is 11.5 Å². The Morgan fingerprint density at radius 2 is 1.88 bits per heavy atom. The Labute approximate surface area is 152 Å². The predicted octanol–water partition coefficient (Wildman–Crippen LogP) is 3.92. The van der Waals surface area contributed by atoms with E-state index in [0.717, 1.165) is 30.4 Å². The van der Waals surface area contributed by atoms with E-state index in [0.29, 0.717) is 28.4 Å². The van der Waals surface area contributed by atoms with Gasteiger partial charge in [0.2, 0.25) is 0 Å². The number of ketones is 1. The van der Waals surface area contributed by atoms with E-state index in [1.54, 1.807) is 6.07 Å². The number of carbonyl (C=O) groups is 1. The highest BCUT2D eigenvalue weighted by molar-refractivity contribution is 6.12. The second-order valence-electron chi connectivity index (χ2n) is 7.11. The van der Waals surface area contributed by atoms with Crippen LogP contribution in [0.2, 0.25) is 0 Å². The Hall–Kier alpha value is -2.79. The van der Waals surface area contributed by atoms with E-state index in [1.165, 1.54) is 0 Å². The molecule has 0 aliphatic heterocycles. The summed E-state index contributed by atoms with van der Waals surface area (Å²) in [6.07, 6.45) is 2.78. The lowest BCUT2D eigenvalue weighted by atomic mass is 9.77. The maximum atomic E-state index is 13.1. The highest BCUT2D eigenvalue weighted by Crippen LogP contribution is 2.38. The number of nitrogens with two attached hydrogens (primary N) is 1. The fourth-order valence-corrected chi connectivity index (χ4v) is 3.22. The zero-order chi connectivity index (χ0) is 18.3. The van der Waals surface area contributed by atoms with Crippen molar-refractivity contribution in [2.24, 2.45) is 5.73 Å². The average Bonchev–Trinajstić information content (AvgIpc) is 3.12. The largest absolute Gasteiger partial charge is 0.334 e. The van der Waals surface area contributed by atoms with Gasteiger partial charge in [-0.25, -0.2) is 0 Å². The second kappa shape index (κ2) is 6.18. The van der Waals surface area contributed by atoms with Gasteiger partial charge in [-0.15, -0.1) is 0 Å². The quantitative estimate of drug-likeness (QED) is 0.723. The molecule has 1 saturated carbocycles. The summed E-state index contributed by atoms with van der Waals surface area (Å²) in [6, 6.07) is 13.0. The molecular formula is C21H21N3O2. The van der Waals surface area contributed by atoms with Gasteiger partial charge in [-0.05, 0) is 56.4 Å². The van der Waals surface area contributed by atoms with E-state index >= 15 is 0 Å². The van der Waals surface area contributed by atoms with Crippen LogP contribution in [-0.2, 0) is 5.54 Å². The molecule has 1 aliphatic carbocycles. The summed E-state index contributed by atoms with van der Waals surface area (Å²) in [5.41, 5.74) is 9.87. The number of rotatable bonds is 4. The SMILES string of the molecule is Cc1ccc(C(=O)c2ccccc2-c2nc(C3(N)CCC3)no2)cc1C. The molecule has 0 saturated heterocycles. The molecule has 132 valence electrons. The summed E-state index contributed by atoms with van der Waals surface area (Å²) in [5, 5.41) is 4.06. The lowest BCUT2D eigenvalue weighted by Crippen LogP contribution is -2.44. The highest BCUT2D eigenvalue weighted by atomic mass is 16.5. The molecule has 3 aromatic rings. The van der Waals surface area contributed by atoms with Gasteiger partial charge in [-0.3, -0.25) is 4.79 Å². The number of aromatic nitrogens is 2. The van der Waals surface area contributed by atoms with Gasteiger partial charge in [-0.1, -0.05) is 35.5 Å². The Kier molecular flexibility index (Phi) is 3.96. The molecule has 1 fully saturated rings. The van der Waals surface area contributed by atoms with Crippen LogP contribution in [0, 0.1) is 13.8 Å². The van der Waals surface area contributed by atoms with E-state index in [9.17, 15) is 4.79 Å². The molecule has 2 aromatic carbocycles. The maximum Gasteiger partial charge on any atom is 0.258 e. The number of carbonyl (C=O) groups excluding carboxylic acids is 1. The zero-order valence-corrected chi connectivity index (χ0v) is 15.0. The highest BCUT2D eigenvalue weighted by Gasteiger charge is 2.39. The van der Waals surface area contributed by atoms with Crippen molar-refractivity contribution in [2.75, 3.05) is 0 Å². The molecule has 0 amide bonds. The van der Waals surface area contributed by atoms with Crippen molar-refractivity contribution in [1.29, 1.82) is 0 Å². The van der Waals surface area contributed by atoms with Crippen molar-refractivity contribution in [3.05, 3.63) is 70.5 Å². The van der Waals surface area contributed by atoms with Crippen LogP contribution in [0.3, 0.4) is 0 Å². The Morgan fingerprint density at radius 1 is 1.12 bits per heavy atom. The molecule has 5 nitrogen and oxygen atoms in total. The first-order valence-electron chi connectivity index (χ1n) is 8.82. The van der Waals surface area contributed by atoms with Crippen LogP contribution in [0.5, 0.6) is 0 Å². The normalized spacial score (nSPS) is 15.5. The number of nitrogens with zero attached hydrogens (tertiary/aromatic N) is 2. The molecule has 1 heterocycles.